The zero-order valence-corrected chi connectivity index (χ0v) is 16.3. The van der Waals surface area contributed by atoms with Crippen LogP contribution in [0.2, 0.25) is 51.4 Å². The molecule has 1 aliphatic carbocycles. The van der Waals surface area contributed by atoms with Crippen LogP contribution in [-0.2, 0) is 0 Å². The Bertz CT molecular complexity index is 286. The summed E-state index contributed by atoms with van der Waals surface area (Å²) in [5.74, 6) is 0. The number of halogens is 2. The number of hydrogen-bond donors (Lipinski definition) is 0. The zero-order valence-electron chi connectivity index (χ0n) is 12.7. The Kier molecular flexibility index (Phi) is 3.67. The van der Waals surface area contributed by atoms with E-state index in [1.165, 1.54) is 0 Å². The SMILES string of the molecule is CC1(C[Si](C)(C)C)C(F)(Br)C1(C)C[Si](C)(C)C. The molecule has 0 saturated heterocycles. The lowest BCUT2D eigenvalue weighted by Crippen LogP contribution is -2.30. The van der Waals surface area contributed by atoms with Crippen LogP contribution < -0.4 is 0 Å². The van der Waals surface area contributed by atoms with Crippen LogP contribution in [0.25, 0.3) is 0 Å². The van der Waals surface area contributed by atoms with Crippen LogP contribution in [0.15, 0.2) is 0 Å². The molecule has 102 valence electrons. The molecule has 1 fully saturated rings. The third-order valence-electron chi connectivity index (χ3n) is 4.31. The molecule has 0 bridgehead atoms. The van der Waals surface area contributed by atoms with Crippen LogP contribution in [0.1, 0.15) is 13.8 Å². The minimum absolute atomic E-state index is 0.162. The quantitative estimate of drug-likeness (QED) is 0.452. The van der Waals surface area contributed by atoms with Gasteiger partial charge in [0.1, 0.15) is 0 Å². The fourth-order valence-electron chi connectivity index (χ4n) is 3.68. The molecular formula is C13H28BrFSi2. The van der Waals surface area contributed by atoms with Crippen LogP contribution in [0.4, 0.5) is 4.39 Å². The Hall–Kier alpha value is 0.844. The molecule has 0 aromatic heterocycles. The van der Waals surface area contributed by atoms with E-state index in [4.69, 9.17) is 0 Å². The van der Waals surface area contributed by atoms with Gasteiger partial charge in [0.25, 0.3) is 0 Å². The van der Waals surface area contributed by atoms with Gasteiger partial charge < -0.3 is 0 Å². The van der Waals surface area contributed by atoms with Gasteiger partial charge in [0.15, 0.2) is 4.58 Å². The highest BCUT2D eigenvalue weighted by atomic mass is 79.9. The minimum atomic E-state index is -1.24. The maximum absolute atomic E-state index is 14.9. The normalized spacial score (nSPS) is 42.7. The van der Waals surface area contributed by atoms with E-state index in [0.717, 1.165) is 12.1 Å². The van der Waals surface area contributed by atoms with Crippen LogP contribution in [0, 0.1) is 10.8 Å². The summed E-state index contributed by atoms with van der Waals surface area (Å²) in [6.07, 6.45) is 0. The van der Waals surface area contributed by atoms with E-state index in [1.807, 2.05) is 0 Å². The second kappa shape index (κ2) is 3.92. The fourth-order valence-corrected chi connectivity index (χ4v) is 10.8. The summed E-state index contributed by atoms with van der Waals surface area (Å²) >= 11 is 3.41. The molecule has 0 aliphatic heterocycles. The third-order valence-corrected chi connectivity index (χ3v) is 9.59. The summed E-state index contributed by atoms with van der Waals surface area (Å²) in [6.45, 7) is 18.4. The van der Waals surface area contributed by atoms with Crippen molar-refractivity contribution in [1.82, 2.24) is 0 Å². The molecule has 0 heterocycles. The molecule has 1 rings (SSSR count). The second-order valence-corrected chi connectivity index (χ2v) is 20.8. The Morgan fingerprint density at radius 3 is 1.24 bits per heavy atom. The Morgan fingerprint density at radius 1 is 0.824 bits per heavy atom. The molecule has 0 aromatic rings. The van der Waals surface area contributed by atoms with Crippen molar-refractivity contribution in [2.75, 3.05) is 0 Å². The standard InChI is InChI=1S/C13H28BrFSi2/c1-11(9-16(3,4)5)12(2,13(11,14)15)10-17(6,7)8/h9-10H2,1-8H3. The fraction of sp³-hybridized carbons (Fsp3) is 1.00. The van der Waals surface area contributed by atoms with Crippen LogP contribution >= 0.6 is 15.9 Å². The van der Waals surface area contributed by atoms with E-state index < -0.39 is 20.7 Å². The molecule has 0 N–H and O–H groups in total. The highest BCUT2D eigenvalue weighted by Gasteiger charge is 2.83. The Morgan fingerprint density at radius 2 is 1.06 bits per heavy atom. The highest BCUT2D eigenvalue weighted by molar-refractivity contribution is 9.10. The van der Waals surface area contributed by atoms with Gasteiger partial charge in [0.2, 0.25) is 0 Å². The highest BCUT2D eigenvalue weighted by Crippen LogP contribution is 2.82. The predicted molar refractivity (Wildman–Crippen MR) is 85.3 cm³/mol. The summed E-state index contributed by atoms with van der Waals surface area (Å²) in [4.78, 5) is 0. The van der Waals surface area contributed by atoms with Crippen LogP contribution in [0.5, 0.6) is 0 Å². The van der Waals surface area contributed by atoms with Crippen molar-refractivity contribution in [3.05, 3.63) is 0 Å². The van der Waals surface area contributed by atoms with Gasteiger partial charge >= 0.3 is 0 Å². The molecule has 0 nitrogen and oxygen atoms in total. The molecule has 0 aromatic carbocycles. The van der Waals surface area contributed by atoms with Crippen LogP contribution in [0.3, 0.4) is 0 Å². The van der Waals surface area contributed by atoms with Crippen molar-refractivity contribution in [2.24, 2.45) is 10.8 Å². The summed E-state index contributed by atoms with van der Waals surface area (Å²) < 4.78 is 13.8. The van der Waals surface area contributed by atoms with Crippen molar-refractivity contribution >= 4 is 32.1 Å². The van der Waals surface area contributed by atoms with Gasteiger partial charge in [-0.2, -0.15) is 0 Å². The number of hydrogen-bond acceptors (Lipinski definition) is 0. The summed E-state index contributed by atoms with van der Waals surface area (Å²) in [7, 11) is -2.48. The van der Waals surface area contributed by atoms with E-state index in [0.29, 0.717) is 0 Å². The molecule has 1 saturated carbocycles. The van der Waals surface area contributed by atoms with Crippen molar-refractivity contribution < 1.29 is 4.39 Å². The molecule has 2 atom stereocenters. The molecule has 0 amide bonds. The second-order valence-electron chi connectivity index (χ2n) is 8.71. The van der Waals surface area contributed by atoms with Gasteiger partial charge in [-0.1, -0.05) is 53.1 Å². The smallest absolute Gasteiger partial charge is 0.176 e. The first kappa shape index (κ1) is 15.9. The van der Waals surface area contributed by atoms with E-state index in [2.05, 4.69) is 69.1 Å². The van der Waals surface area contributed by atoms with E-state index in [1.54, 1.807) is 0 Å². The van der Waals surface area contributed by atoms with Gasteiger partial charge in [0, 0.05) is 27.0 Å². The van der Waals surface area contributed by atoms with Crippen molar-refractivity contribution in [1.29, 1.82) is 0 Å². The lowest BCUT2D eigenvalue weighted by Gasteiger charge is -2.27. The lowest BCUT2D eigenvalue weighted by atomic mass is 10.0. The maximum Gasteiger partial charge on any atom is 0.176 e. The van der Waals surface area contributed by atoms with Gasteiger partial charge in [-0.15, -0.1) is 0 Å². The summed E-state index contributed by atoms with van der Waals surface area (Å²) in [5, 5.41) is 0. The monoisotopic (exact) mass is 338 g/mol. The number of rotatable bonds is 4. The van der Waals surface area contributed by atoms with E-state index in [9.17, 15) is 4.39 Å². The Labute approximate surface area is 117 Å². The largest absolute Gasteiger partial charge is 0.230 e. The molecule has 1 aliphatic rings. The molecule has 17 heavy (non-hydrogen) atoms. The third kappa shape index (κ3) is 2.59. The van der Waals surface area contributed by atoms with Gasteiger partial charge in [0.05, 0.1) is 0 Å². The van der Waals surface area contributed by atoms with Gasteiger partial charge in [-0.25, -0.2) is 4.39 Å². The lowest BCUT2D eigenvalue weighted by molar-refractivity contribution is 0.354. The predicted octanol–water partition coefficient (Wildman–Crippen LogP) is 5.75. The average Bonchev–Trinajstić information content (AvgIpc) is 2.22. The van der Waals surface area contributed by atoms with Crippen molar-refractivity contribution in [3.63, 3.8) is 0 Å². The first-order valence-electron chi connectivity index (χ1n) is 6.54. The van der Waals surface area contributed by atoms with Crippen molar-refractivity contribution in [3.8, 4) is 0 Å². The molecular weight excluding hydrogens is 311 g/mol. The zero-order chi connectivity index (χ0) is 13.9. The molecule has 4 heteroatoms. The Balaban J connectivity index is 2.97. The van der Waals surface area contributed by atoms with E-state index in [-0.39, 0.29) is 10.8 Å². The topological polar surface area (TPSA) is 0 Å². The maximum atomic E-state index is 14.9. The molecule has 0 spiro atoms. The number of alkyl halides is 2. The molecule has 0 radical (unpaired) electrons. The van der Waals surface area contributed by atoms with E-state index >= 15 is 0 Å². The van der Waals surface area contributed by atoms with Gasteiger partial charge in [-0.3, -0.25) is 0 Å². The average molecular weight is 339 g/mol. The first-order chi connectivity index (χ1) is 7.16. The molecule has 2 unspecified atom stereocenters. The van der Waals surface area contributed by atoms with Crippen LogP contribution in [-0.4, -0.2) is 20.7 Å². The van der Waals surface area contributed by atoms with Crippen molar-refractivity contribution in [2.45, 2.75) is 69.8 Å². The summed E-state index contributed by atoms with van der Waals surface area (Å²) in [5.41, 5.74) is -0.324. The van der Waals surface area contributed by atoms with Gasteiger partial charge in [-0.05, 0) is 28.0 Å². The first-order valence-corrected chi connectivity index (χ1v) is 14.7. The summed E-state index contributed by atoms with van der Waals surface area (Å²) in [6, 6.07) is 2.14. The minimum Gasteiger partial charge on any atom is -0.230 e.